The molecule has 0 spiro atoms. The van der Waals surface area contributed by atoms with E-state index in [2.05, 4.69) is 0 Å². The quantitative estimate of drug-likeness (QED) is 0.666. The van der Waals surface area contributed by atoms with Crippen molar-refractivity contribution in [1.82, 2.24) is 0 Å². The third-order valence-electron chi connectivity index (χ3n) is 4.24. The number of nitrogens with two attached hydrogens (primary N) is 1. The number of nitro benzene ring substituents is 1. The van der Waals surface area contributed by atoms with E-state index in [1.54, 1.807) is 7.05 Å². The summed E-state index contributed by atoms with van der Waals surface area (Å²) in [6.45, 7) is 0.543. The van der Waals surface area contributed by atoms with E-state index in [9.17, 15) is 14.5 Å². The molecule has 7 heteroatoms. The standard InChI is InChI=1S/C14H20FN3O3/c1-17(11-5-3-4-9(11)8-16)12-7-14(21-2)10(15)6-13(12)18(19)20/h6-7,9,11H,3-5,8,16H2,1-2H3. The van der Waals surface area contributed by atoms with Crippen LogP contribution in [0.25, 0.3) is 0 Å². The van der Waals surface area contributed by atoms with E-state index in [1.165, 1.54) is 13.2 Å². The summed E-state index contributed by atoms with van der Waals surface area (Å²) in [5, 5.41) is 11.2. The number of nitrogens with zero attached hydrogens (tertiary/aromatic N) is 2. The molecule has 2 atom stereocenters. The van der Waals surface area contributed by atoms with Crippen molar-refractivity contribution < 1.29 is 14.1 Å². The number of rotatable bonds is 5. The van der Waals surface area contributed by atoms with Crippen LogP contribution in [0.5, 0.6) is 5.75 Å². The largest absolute Gasteiger partial charge is 0.494 e. The fourth-order valence-corrected chi connectivity index (χ4v) is 3.10. The second-order valence-electron chi connectivity index (χ2n) is 5.34. The zero-order valence-electron chi connectivity index (χ0n) is 12.2. The van der Waals surface area contributed by atoms with E-state index >= 15 is 0 Å². The molecule has 0 amide bonds. The zero-order chi connectivity index (χ0) is 15.6. The van der Waals surface area contributed by atoms with Crippen LogP contribution in [0, 0.1) is 21.8 Å². The number of anilines is 1. The van der Waals surface area contributed by atoms with Crippen LogP contribution < -0.4 is 15.4 Å². The molecule has 2 unspecified atom stereocenters. The van der Waals surface area contributed by atoms with Crippen LogP contribution in [0.15, 0.2) is 12.1 Å². The van der Waals surface area contributed by atoms with Crippen molar-refractivity contribution in [3.05, 3.63) is 28.1 Å². The van der Waals surface area contributed by atoms with Gasteiger partial charge in [0.05, 0.1) is 18.1 Å². The molecule has 0 saturated heterocycles. The number of nitro groups is 1. The number of benzene rings is 1. The lowest BCUT2D eigenvalue weighted by molar-refractivity contribution is -0.384. The Morgan fingerprint density at radius 3 is 2.81 bits per heavy atom. The Balaban J connectivity index is 2.43. The Morgan fingerprint density at radius 2 is 2.24 bits per heavy atom. The van der Waals surface area contributed by atoms with Gasteiger partial charge in [-0.2, -0.15) is 0 Å². The summed E-state index contributed by atoms with van der Waals surface area (Å²) in [4.78, 5) is 12.5. The van der Waals surface area contributed by atoms with Gasteiger partial charge in [0.25, 0.3) is 5.69 Å². The maximum atomic E-state index is 13.7. The monoisotopic (exact) mass is 297 g/mol. The Bertz CT molecular complexity index is 538. The summed E-state index contributed by atoms with van der Waals surface area (Å²) >= 11 is 0. The number of hydrogen-bond acceptors (Lipinski definition) is 5. The van der Waals surface area contributed by atoms with E-state index in [4.69, 9.17) is 10.5 Å². The van der Waals surface area contributed by atoms with Crippen LogP contribution >= 0.6 is 0 Å². The first kappa shape index (κ1) is 15.5. The van der Waals surface area contributed by atoms with E-state index in [-0.39, 0.29) is 17.5 Å². The average molecular weight is 297 g/mol. The second kappa shape index (κ2) is 6.26. The van der Waals surface area contributed by atoms with Crippen LogP contribution in [0.4, 0.5) is 15.8 Å². The van der Waals surface area contributed by atoms with Gasteiger partial charge in [-0.1, -0.05) is 6.42 Å². The fraction of sp³-hybridized carbons (Fsp3) is 0.571. The summed E-state index contributed by atoms with van der Waals surface area (Å²) in [5.74, 6) is -0.432. The summed E-state index contributed by atoms with van der Waals surface area (Å²) in [6.07, 6.45) is 2.98. The Labute approximate surface area is 122 Å². The predicted molar refractivity (Wildman–Crippen MR) is 78.2 cm³/mol. The van der Waals surface area contributed by atoms with Gasteiger partial charge in [-0.3, -0.25) is 10.1 Å². The van der Waals surface area contributed by atoms with Gasteiger partial charge < -0.3 is 15.4 Å². The van der Waals surface area contributed by atoms with Crippen molar-refractivity contribution in [2.75, 3.05) is 25.6 Å². The minimum Gasteiger partial charge on any atom is -0.494 e. The third-order valence-corrected chi connectivity index (χ3v) is 4.24. The van der Waals surface area contributed by atoms with Gasteiger partial charge in [0.1, 0.15) is 5.69 Å². The number of methoxy groups -OCH3 is 1. The molecule has 116 valence electrons. The third kappa shape index (κ3) is 2.92. The molecule has 0 heterocycles. The minimum absolute atomic E-state index is 0.00439. The molecule has 6 nitrogen and oxygen atoms in total. The van der Waals surface area contributed by atoms with Crippen molar-refractivity contribution >= 4 is 11.4 Å². The highest BCUT2D eigenvalue weighted by molar-refractivity contribution is 5.66. The maximum Gasteiger partial charge on any atom is 0.295 e. The van der Waals surface area contributed by atoms with E-state index in [1.807, 2.05) is 4.90 Å². The molecule has 2 rings (SSSR count). The summed E-state index contributed by atoms with van der Waals surface area (Å²) < 4.78 is 18.6. The molecule has 2 N–H and O–H groups in total. The van der Waals surface area contributed by atoms with E-state index < -0.39 is 10.7 Å². The van der Waals surface area contributed by atoms with Gasteiger partial charge in [-0.15, -0.1) is 0 Å². The van der Waals surface area contributed by atoms with Crippen molar-refractivity contribution in [2.45, 2.75) is 25.3 Å². The van der Waals surface area contributed by atoms with Gasteiger partial charge in [0.2, 0.25) is 0 Å². The Hall–Kier alpha value is -1.89. The van der Waals surface area contributed by atoms with Gasteiger partial charge in [0, 0.05) is 19.2 Å². The van der Waals surface area contributed by atoms with Crippen molar-refractivity contribution in [2.24, 2.45) is 11.7 Å². The topological polar surface area (TPSA) is 81.6 Å². The first-order valence-electron chi connectivity index (χ1n) is 6.94. The highest BCUT2D eigenvalue weighted by Gasteiger charge is 2.33. The first-order chi connectivity index (χ1) is 9.99. The normalized spacial score (nSPS) is 21.3. The van der Waals surface area contributed by atoms with Crippen molar-refractivity contribution in [1.29, 1.82) is 0 Å². The average Bonchev–Trinajstić information content (AvgIpc) is 2.94. The smallest absolute Gasteiger partial charge is 0.295 e. The van der Waals surface area contributed by atoms with Crippen molar-refractivity contribution in [3.8, 4) is 5.75 Å². The number of ether oxygens (including phenoxy) is 1. The molecule has 1 aromatic carbocycles. The number of halogens is 1. The molecule has 1 aromatic rings. The lowest BCUT2D eigenvalue weighted by Gasteiger charge is -2.31. The molecular weight excluding hydrogens is 277 g/mol. The maximum absolute atomic E-state index is 13.7. The Morgan fingerprint density at radius 1 is 1.52 bits per heavy atom. The molecule has 1 aliphatic carbocycles. The van der Waals surface area contributed by atoms with Crippen LogP contribution in [-0.4, -0.2) is 31.7 Å². The molecule has 0 aromatic heterocycles. The molecule has 1 saturated carbocycles. The van der Waals surface area contributed by atoms with Gasteiger partial charge in [0.15, 0.2) is 11.6 Å². The van der Waals surface area contributed by atoms with E-state index in [0.717, 1.165) is 25.3 Å². The van der Waals surface area contributed by atoms with Crippen LogP contribution in [0.2, 0.25) is 0 Å². The lowest BCUT2D eigenvalue weighted by atomic mass is 10.0. The highest BCUT2D eigenvalue weighted by atomic mass is 19.1. The molecule has 0 bridgehead atoms. The van der Waals surface area contributed by atoms with Crippen LogP contribution in [0.1, 0.15) is 19.3 Å². The van der Waals surface area contributed by atoms with E-state index in [0.29, 0.717) is 18.2 Å². The molecule has 21 heavy (non-hydrogen) atoms. The molecule has 0 aliphatic heterocycles. The summed E-state index contributed by atoms with van der Waals surface area (Å²) in [5.41, 5.74) is 5.89. The molecule has 0 radical (unpaired) electrons. The Kier molecular flexibility index (Phi) is 4.62. The van der Waals surface area contributed by atoms with Gasteiger partial charge >= 0.3 is 0 Å². The van der Waals surface area contributed by atoms with Gasteiger partial charge in [-0.05, 0) is 25.3 Å². The number of hydrogen-bond donors (Lipinski definition) is 1. The predicted octanol–water partition coefficient (Wildman–Crippen LogP) is 2.31. The SMILES string of the molecule is COc1cc(N(C)C2CCCC2CN)c([N+](=O)[O-])cc1F. The molecule has 1 fully saturated rings. The lowest BCUT2D eigenvalue weighted by Crippen LogP contribution is -2.38. The fourth-order valence-electron chi connectivity index (χ4n) is 3.10. The van der Waals surface area contributed by atoms with Crippen LogP contribution in [0.3, 0.4) is 0 Å². The zero-order valence-corrected chi connectivity index (χ0v) is 12.2. The van der Waals surface area contributed by atoms with Crippen molar-refractivity contribution in [3.63, 3.8) is 0 Å². The summed E-state index contributed by atoms with van der Waals surface area (Å²) in [6, 6.07) is 2.43. The summed E-state index contributed by atoms with van der Waals surface area (Å²) in [7, 11) is 3.13. The highest BCUT2D eigenvalue weighted by Crippen LogP contribution is 2.38. The first-order valence-corrected chi connectivity index (χ1v) is 6.94. The second-order valence-corrected chi connectivity index (χ2v) is 5.34. The van der Waals surface area contributed by atoms with Crippen LogP contribution in [-0.2, 0) is 0 Å². The van der Waals surface area contributed by atoms with Gasteiger partial charge in [-0.25, -0.2) is 4.39 Å². The minimum atomic E-state index is -0.733. The molecule has 1 aliphatic rings. The molecular formula is C14H20FN3O3.